The molecule has 0 aliphatic rings. The Hall–Kier alpha value is -1.26. The van der Waals surface area contributed by atoms with Crippen LogP contribution in [0.5, 0.6) is 11.5 Å². The average molecular weight is 225 g/mol. The standard InChI is InChI=1S/C12H19NO3/c1-9(2)8-16-13-7-10-5-4-6-11(15-3)12(10)14/h4-6,9,13-14H,7-8H2,1-3H3. The number of hydrogen-bond donors (Lipinski definition) is 2. The lowest BCUT2D eigenvalue weighted by atomic mass is 10.2. The lowest BCUT2D eigenvalue weighted by Crippen LogP contribution is -2.17. The van der Waals surface area contributed by atoms with Crippen molar-refractivity contribution in [3.05, 3.63) is 23.8 Å². The van der Waals surface area contributed by atoms with Gasteiger partial charge in [0.2, 0.25) is 0 Å². The Morgan fingerprint density at radius 2 is 2.12 bits per heavy atom. The summed E-state index contributed by atoms with van der Waals surface area (Å²) in [6, 6.07) is 5.37. The number of aromatic hydroxyl groups is 1. The molecule has 16 heavy (non-hydrogen) atoms. The van der Waals surface area contributed by atoms with E-state index >= 15 is 0 Å². The SMILES string of the molecule is COc1cccc(CNOCC(C)C)c1O. The van der Waals surface area contributed by atoms with Gasteiger partial charge in [0.1, 0.15) is 0 Å². The second-order valence-corrected chi connectivity index (χ2v) is 3.99. The number of phenols is 1. The molecule has 0 saturated carbocycles. The third kappa shape index (κ3) is 3.72. The number of hydrogen-bond acceptors (Lipinski definition) is 4. The van der Waals surface area contributed by atoms with Gasteiger partial charge in [-0.15, -0.1) is 0 Å². The summed E-state index contributed by atoms with van der Waals surface area (Å²) in [5.74, 6) is 1.11. The van der Waals surface area contributed by atoms with Crippen molar-refractivity contribution in [1.29, 1.82) is 0 Å². The molecular formula is C12H19NO3. The van der Waals surface area contributed by atoms with Crippen LogP contribution in [0.3, 0.4) is 0 Å². The summed E-state index contributed by atoms with van der Waals surface area (Å²) >= 11 is 0. The molecule has 1 aromatic carbocycles. The molecule has 1 aromatic rings. The maximum atomic E-state index is 9.78. The quantitative estimate of drug-likeness (QED) is 0.575. The molecule has 4 nitrogen and oxygen atoms in total. The van der Waals surface area contributed by atoms with Gasteiger partial charge in [-0.05, 0) is 12.0 Å². The lowest BCUT2D eigenvalue weighted by molar-refractivity contribution is 0.0193. The van der Waals surface area contributed by atoms with E-state index in [1.807, 2.05) is 12.1 Å². The summed E-state index contributed by atoms with van der Waals surface area (Å²) in [7, 11) is 1.53. The van der Waals surface area contributed by atoms with E-state index in [0.29, 0.717) is 24.8 Å². The normalized spacial score (nSPS) is 10.8. The summed E-state index contributed by atoms with van der Waals surface area (Å²) in [5, 5.41) is 9.78. The van der Waals surface area contributed by atoms with Gasteiger partial charge in [-0.1, -0.05) is 26.0 Å². The van der Waals surface area contributed by atoms with Crippen LogP contribution in [0, 0.1) is 5.92 Å². The number of rotatable bonds is 6. The monoisotopic (exact) mass is 225 g/mol. The first-order valence-corrected chi connectivity index (χ1v) is 5.34. The van der Waals surface area contributed by atoms with Crippen LogP contribution < -0.4 is 10.2 Å². The minimum absolute atomic E-state index is 0.158. The van der Waals surface area contributed by atoms with Crippen molar-refractivity contribution in [1.82, 2.24) is 5.48 Å². The number of methoxy groups -OCH3 is 1. The van der Waals surface area contributed by atoms with Crippen LogP contribution in [0.2, 0.25) is 0 Å². The second kappa shape index (κ2) is 6.35. The van der Waals surface area contributed by atoms with Gasteiger partial charge in [0.15, 0.2) is 11.5 Å². The molecule has 0 bridgehead atoms. The Morgan fingerprint density at radius 3 is 2.75 bits per heavy atom. The zero-order valence-corrected chi connectivity index (χ0v) is 9.99. The third-order valence-corrected chi connectivity index (χ3v) is 2.08. The highest BCUT2D eigenvalue weighted by molar-refractivity contribution is 5.45. The van der Waals surface area contributed by atoms with Gasteiger partial charge in [-0.25, -0.2) is 0 Å². The Balaban J connectivity index is 2.47. The predicted octanol–water partition coefficient (Wildman–Crippen LogP) is 2.08. The Kier molecular flexibility index (Phi) is 5.08. The first kappa shape index (κ1) is 12.8. The van der Waals surface area contributed by atoms with Gasteiger partial charge < -0.3 is 14.7 Å². The fourth-order valence-corrected chi connectivity index (χ4v) is 1.23. The number of nitrogens with one attached hydrogen (secondary N) is 1. The largest absolute Gasteiger partial charge is 0.504 e. The van der Waals surface area contributed by atoms with Gasteiger partial charge in [0.25, 0.3) is 0 Å². The van der Waals surface area contributed by atoms with E-state index in [9.17, 15) is 5.11 Å². The molecule has 2 N–H and O–H groups in total. The third-order valence-electron chi connectivity index (χ3n) is 2.08. The number of ether oxygens (including phenoxy) is 1. The molecule has 0 fully saturated rings. The van der Waals surface area contributed by atoms with Crippen LogP contribution >= 0.6 is 0 Å². The molecule has 0 radical (unpaired) electrons. The Morgan fingerprint density at radius 1 is 1.38 bits per heavy atom. The first-order chi connectivity index (χ1) is 7.65. The fraction of sp³-hybridized carbons (Fsp3) is 0.500. The van der Waals surface area contributed by atoms with Crippen molar-refractivity contribution in [2.24, 2.45) is 5.92 Å². The zero-order chi connectivity index (χ0) is 12.0. The molecule has 0 heterocycles. The van der Waals surface area contributed by atoms with Crippen LogP contribution in [-0.4, -0.2) is 18.8 Å². The summed E-state index contributed by atoms with van der Waals surface area (Å²) in [4.78, 5) is 5.23. The van der Waals surface area contributed by atoms with E-state index < -0.39 is 0 Å². The molecule has 0 spiro atoms. The topological polar surface area (TPSA) is 50.7 Å². The average Bonchev–Trinajstić information content (AvgIpc) is 2.26. The van der Waals surface area contributed by atoms with Gasteiger partial charge in [-0.2, -0.15) is 5.48 Å². The van der Waals surface area contributed by atoms with Crippen LogP contribution in [0.25, 0.3) is 0 Å². The van der Waals surface area contributed by atoms with Gasteiger partial charge in [0.05, 0.1) is 13.7 Å². The number of phenolic OH excluding ortho intramolecular Hbond substituents is 1. The summed E-state index contributed by atoms with van der Waals surface area (Å²) < 4.78 is 5.01. The van der Waals surface area contributed by atoms with Crippen LogP contribution in [0.4, 0.5) is 0 Å². The van der Waals surface area contributed by atoms with Crippen LogP contribution in [0.1, 0.15) is 19.4 Å². The fourth-order valence-electron chi connectivity index (χ4n) is 1.23. The van der Waals surface area contributed by atoms with E-state index in [4.69, 9.17) is 9.57 Å². The van der Waals surface area contributed by atoms with E-state index in [-0.39, 0.29) is 5.75 Å². The van der Waals surface area contributed by atoms with E-state index in [1.54, 1.807) is 6.07 Å². The lowest BCUT2D eigenvalue weighted by Gasteiger charge is -2.10. The predicted molar refractivity (Wildman–Crippen MR) is 62.3 cm³/mol. The number of para-hydroxylation sites is 1. The summed E-state index contributed by atoms with van der Waals surface area (Å²) in [6.45, 7) is 5.25. The molecular weight excluding hydrogens is 206 g/mol. The molecule has 90 valence electrons. The minimum atomic E-state index is 0.158. The molecule has 0 aromatic heterocycles. The molecule has 0 saturated heterocycles. The zero-order valence-electron chi connectivity index (χ0n) is 9.99. The highest BCUT2D eigenvalue weighted by Crippen LogP contribution is 2.28. The highest BCUT2D eigenvalue weighted by Gasteiger charge is 2.06. The van der Waals surface area contributed by atoms with Crippen LogP contribution in [0.15, 0.2) is 18.2 Å². The summed E-state index contributed by atoms with van der Waals surface area (Å²) in [5.41, 5.74) is 3.56. The molecule has 4 heteroatoms. The van der Waals surface area contributed by atoms with E-state index in [2.05, 4.69) is 19.3 Å². The van der Waals surface area contributed by atoms with Crippen LogP contribution in [-0.2, 0) is 11.4 Å². The molecule has 0 atom stereocenters. The molecule has 0 aliphatic heterocycles. The van der Waals surface area contributed by atoms with Crippen molar-refractivity contribution >= 4 is 0 Å². The van der Waals surface area contributed by atoms with Gasteiger partial charge in [-0.3, -0.25) is 0 Å². The van der Waals surface area contributed by atoms with Crippen molar-refractivity contribution in [3.63, 3.8) is 0 Å². The van der Waals surface area contributed by atoms with E-state index in [1.165, 1.54) is 7.11 Å². The molecule has 0 amide bonds. The molecule has 1 rings (SSSR count). The molecule has 0 unspecified atom stereocenters. The van der Waals surface area contributed by atoms with Crippen molar-refractivity contribution in [2.45, 2.75) is 20.4 Å². The maximum Gasteiger partial charge on any atom is 0.162 e. The maximum absolute atomic E-state index is 9.78. The van der Waals surface area contributed by atoms with Gasteiger partial charge in [0, 0.05) is 12.1 Å². The van der Waals surface area contributed by atoms with Gasteiger partial charge >= 0.3 is 0 Å². The first-order valence-electron chi connectivity index (χ1n) is 5.34. The van der Waals surface area contributed by atoms with E-state index in [0.717, 1.165) is 5.56 Å². The summed E-state index contributed by atoms with van der Waals surface area (Å²) in [6.07, 6.45) is 0. The van der Waals surface area contributed by atoms with Crippen molar-refractivity contribution in [2.75, 3.05) is 13.7 Å². The Bertz CT molecular complexity index is 326. The van der Waals surface area contributed by atoms with Crippen molar-refractivity contribution in [3.8, 4) is 11.5 Å². The highest BCUT2D eigenvalue weighted by atomic mass is 16.6. The number of hydroxylamine groups is 1. The second-order valence-electron chi connectivity index (χ2n) is 3.99. The molecule has 0 aliphatic carbocycles. The van der Waals surface area contributed by atoms with Crippen molar-refractivity contribution < 1.29 is 14.7 Å². The smallest absolute Gasteiger partial charge is 0.162 e. The Labute approximate surface area is 96.1 Å². The number of benzene rings is 1. The minimum Gasteiger partial charge on any atom is -0.504 e.